The summed E-state index contributed by atoms with van der Waals surface area (Å²) in [4.78, 5) is 16.8. The standard InChI is InChI=1S/C23H29FN4O/c1-2-25-23(26-14-13-17-9-11-20(24)12-10-17)27-16-18-5-3-8-21(15-18)28-22(29)19-6-4-7-19/h3,5,8-12,15,19H,2,4,6-7,13-14,16H2,1H3,(H,28,29)(H2,25,26,27). The lowest BCUT2D eigenvalue weighted by Crippen LogP contribution is -2.38. The van der Waals surface area contributed by atoms with Crippen LogP contribution in [0.1, 0.15) is 37.3 Å². The van der Waals surface area contributed by atoms with Crippen molar-refractivity contribution < 1.29 is 9.18 Å². The first-order valence-electron chi connectivity index (χ1n) is 10.3. The van der Waals surface area contributed by atoms with Gasteiger partial charge in [-0.15, -0.1) is 0 Å². The quantitative estimate of drug-likeness (QED) is 0.469. The van der Waals surface area contributed by atoms with Crippen LogP contribution in [0.25, 0.3) is 0 Å². The van der Waals surface area contributed by atoms with Crippen LogP contribution in [0, 0.1) is 11.7 Å². The molecule has 2 aromatic rings. The molecule has 3 N–H and O–H groups in total. The molecule has 1 amide bonds. The Morgan fingerprint density at radius 1 is 1.10 bits per heavy atom. The van der Waals surface area contributed by atoms with Gasteiger partial charge in [-0.05, 0) is 61.6 Å². The van der Waals surface area contributed by atoms with Gasteiger partial charge >= 0.3 is 0 Å². The SMILES string of the molecule is CCNC(=NCc1cccc(NC(=O)C2CCC2)c1)NCCc1ccc(F)cc1. The number of nitrogens with one attached hydrogen (secondary N) is 3. The zero-order valence-corrected chi connectivity index (χ0v) is 16.9. The summed E-state index contributed by atoms with van der Waals surface area (Å²) in [6, 6.07) is 14.4. The third kappa shape index (κ3) is 6.59. The molecule has 0 radical (unpaired) electrons. The van der Waals surface area contributed by atoms with Gasteiger partial charge in [0.1, 0.15) is 5.82 Å². The Bertz CT molecular complexity index is 831. The highest BCUT2D eigenvalue weighted by atomic mass is 19.1. The molecule has 1 aliphatic carbocycles. The average molecular weight is 397 g/mol. The van der Waals surface area contributed by atoms with E-state index < -0.39 is 0 Å². The summed E-state index contributed by atoms with van der Waals surface area (Å²) >= 11 is 0. The van der Waals surface area contributed by atoms with Gasteiger partial charge in [0.05, 0.1) is 6.54 Å². The average Bonchev–Trinajstić information content (AvgIpc) is 2.66. The van der Waals surface area contributed by atoms with Crippen LogP contribution in [-0.2, 0) is 17.8 Å². The monoisotopic (exact) mass is 396 g/mol. The van der Waals surface area contributed by atoms with E-state index in [0.29, 0.717) is 13.1 Å². The fraction of sp³-hybridized carbons (Fsp3) is 0.391. The maximum Gasteiger partial charge on any atom is 0.227 e. The van der Waals surface area contributed by atoms with Gasteiger partial charge in [0.2, 0.25) is 5.91 Å². The highest BCUT2D eigenvalue weighted by Gasteiger charge is 2.25. The molecule has 2 aromatic carbocycles. The molecule has 0 bridgehead atoms. The molecule has 0 saturated heterocycles. The summed E-state index contributed by atoms with van der Waals surface area (Å²) in [5.41, 5.74) is 2.93. The Balaban J connectivity index is 1.52. The van der Waals surface area contributed by atoms with Crippen molar-refractivity contribution in [2.45, 2.75) is 39.2 Å². The number of carbonyl (C=O) groups is 1. The molecule has 0 unspecified atom stereocenters. The summed E-state index contributed by atoms with van der Waals surface area (Å²) in [7, 11) is 0. The van der Waals surface area contributed by atoms with Crippen molar-refractivity contribution in [3.8, 4) is 0 Å². The molecule has 0 spiro atoms. The first-order chi connectivity index (χ1) is 14.1. The van der Waals surface area contributed by atoms with E-state index in [1.807, 2.05) is 31.2 Å². The topological polar surface area (TPSA) is 65.5 Å². The van der Waals surface area contributed by atoms with Crippen LogP contribution in [0.5, 0.6) is 0 Å². The number of hydrogen-bond acceptors (Lipinski definition) is 2. The molecule has 3 rings (SSSR count). The highest BCUT2D eigenvalue weighted by molar-refractivity contribution is 5.93. The van der Waals surface area contributed by atoms with E-state index in [4.69, 9.17) is 0 Å². The normalized spacial score (nSPS) is 14.2. The van der Waals surface area contributed by atoms with Gasteiger partial charge in [0.25, 0.3) is 0 Å². The lowest BCUT2D eigenvalue weighted by molar-refractivity contribution is -0.122. The van der Waals surface area contributed by atoms with Crippen LogP contribution >= 0.6 is 0 Å². The number of benzene rings is 2. The Morgan fingerprint density at radius 2 is 1.90 bits per heavy atom. The number of aliphatic imine (C=N–C) groups is 1. The molecule has 6 heteroatoms. The molecule has 29 heavy (non-hydrogen) atoms. The Morgan fingerprint density at radius 3 is 2.59 bits per heavy atom. The number of guanidine groups is 1. The molecular formula is C23H29FN4O. The van der Waals surface area contributed by atoms with Gasteiger partial charge in [0, 0.05) is 24.7 Å². The van der Waals surface area contributed by atoms with Crippen molar-refractivity contribution in [2.75, 3.05) is 18.4 Å². The van der Waals surface area contributed by atoms with E-state index >= 15 is 0 Å². The number of anilines is 1. The Hall–Kier alpha value is -2.89. The van der Waals surface area contributed by atoms with E-state index in [0.717, 1.165) is 55.0 Å². The first-order valence-corrected chi connectivity index (χ1v) is 10.3. The first kappa shape index (κ1) is 20.8. The summed E-state index contributed by atoms with van der Waals surface area (Å²) in [6.07, 6.45) is 3.92. The number of amides is 1. The predicted octanol–water partition coefficient (Wildman–Crippen LogP) is 3.86. The molecule has 0 atom stereocenters. The number of rotatable bonds is 8. The van der Waals surface area contributed by atoms with Crippen LogP contribution in [0.4, 0.5) is 10.1 Å². The minimum absolute atomic E-state index is 0.118. The third-order valence-corrected chi connectivity index (χ3v) is 5.05. The van der Waals surface area contributed by atoms with E-state index in [-0.39, 0.29) is 17.6 Å². The van der Waals surface area contributed by atoms with Crippen LogP contribution in [-0.4, -0.2) is 25.0 Å². The summed E-state index contributed by atoms with van der Waals surface area (Å²) in [6.45, 7) is 4.00. The van der Waals surface area contributed by atoms with E-state index in [2.05, 4.69) is 20.9 Å². The van der Waals surface area contributed by atoms with Crippen LogP contribution < -0.4 is 16.0 Å². The van der Waals surface area contributed by atoms with Crippen molar-refractivity contribution >= 4 is 17.6 Å². The second-order valence-electron chi connectivity index (χ2n) is 7.32. The van der Waals surface area contributed by atoms with Gasteiger partial charge in [-0.3, -0.25) is 4.79 Å². The van der Waals surface area contributed by atoms with Crippen molar-refractivity contribution in [3.05, 3.63) is 65.5 Å². The fourth-order valence-corrected chi connectivity index (χ4v) is 3.15. The zero-order valence-electron chi connectivity index (χ0n) is 16.9. The van der Waals surface area contributed by atoms with E-state index in [1.165, 1.54) is 12.1 Å². The minimum Gasteiger partial charge on any atom is -0.357 e. The molecule has 154 valence electrons. The molecule has 0 heterocycles. The van der Waals surface area contributed by atoms with Gasteiger partial charge in [-0.25, -0.2) is 9.38 Å². The Kier molecular flexibility index (Phi) is 7.61. The van der Waals surface area contributed by atoms with Crippen molar-refractivity contribution in [2.24, 2.45) is 10.9 Å². The number of nitrogens with zero attached hydrogens (tertiary/aromatic N) is 1. The van der Waals surface area contributed by atoms with Crippen LogP contribution in [0.2, 0.25) is 0 Å². The second kappa shape index (κ2) is 10.6. The predicted molar refractivity (Wildman–Crippen MR) is 115 cm³/mol. The van der Waals surface area contributed by atoms with Crippen LogP contribution in [0.15, 0.2) is 53.5 Å². The third-order valence-electron chi connectivity index (χ3n) is 5.05. The minimum atomic E-state index is -0.220. The van der Waals surface area contributed by atoms with E-state index in [1.54, 1.807) is 12.1 Å². The number of carbonyl (C=O) groups excluding carboxylic acids is 1. The molecule has 1 aliphatic rings. The van der Waals surface area contributed by atoms with Crippen molar-refractivity contribution in [1.29, 1.82) is 0 Å². The zero-order chi connectivity index (χ0) is 20.5. The molecule has 0 aliphatic heterocycles. The molecule has 1 fully saturated rings. The van der Waals surface area contributed by atoms with E-state index in [9.17, 15) is 9.18 Å². The second-order valence-corrected chi connectivity index (χ2v) is 7.32. The number of hydrogen-bond donors (Lipinski definition) is 3. The summed E-state index contributed by atoms with van der Waals surface area (Å²) < 4.78 is 13.0. The van der Waals surface area contributed by atoms with Gasteiger partial charge in [-0.1, -0.05) is 30.7 Å². The molecular weight excluding hydrogens is 367 g/mol. The lowest BCUT2D eigenvalue weighted by atomic mass is 9.85. The summed E-state index contributed by atoms with van der Waals surface area (Å²) in [5.74, 6) is 0.802. The molecule has 1 saturated carbocycles. The van der Waals surface area contributed by atoms with Crippen molar-refractivity contribution in [1.82, 2.24) is 10.6 Å². The smallest absolute Gasteiger partial charge is 0.227 e. The molecule has 5 nitrogen and oxygen atoms in total. The highest BCUT2D eigenvalue weighted by Crippen LogP contribution is 2.27. The molecule has 0 aromatic heterocycles. The maximum absolute atomic E-state index is 13.0. The van der Waals surface area contributed by atoms with Crippen molar-refractivity contribution in [3.63, 3.8) is 0 Å². The van der Waals surface area contributed by atoms with Crippen LogP contribution in [0.3, 0.4) is 0 Å². The number of halogens is 1. The largest absolute Gasteiger partial charge is 0.357 e. The lowest BCUT2D eigenvalue weighted by Gasteiger charge is -2.24. The Labute approximate surface area is 171 Å². The van der Waals surface area contributed by atoms with Gasteiger partial charge < -0.3 is 16.0 Å². The summed E-state index contributed by atoms with van der Waals surface area (Å²) in [5, 5.41) is 9.55. The van der Waals surface area contributed by atoms with Gasteiger partial charge in [-0.2, -0.15) is 0 Å². The maximum atomic E-state index is 13.0. The fourth-order valence-electron chi connectivity index (χ4n) is 3.15. The van der Waals surface area contributed by atoms with Gasteiger partial charge in [0.15, 0.2) is 5.96 Å².